The fourth-order valence-corrected chi connectivity index (χ4v) is 2.90. The summed E-state index contributed by atoms with van der Waals surface area (Å²) < 4.78 is 32.0. The van der Waals surface area contributed by atoms with Crippen molar-refractivity contribution in [2.24, 2.45) is 0 Å². The molecule has 2 aliphatic rings. The first kappa shape index (κ1) is 12.5. The molecule has 8 heteroatoms. The third-order valence-corrected chi connectivity index (χ3v) is 3.34. The molecule has 6 nitrogen and oxygen atoms in total. The third kappa shape index (κ3) is 2.08. The first-order chi connectivity index (χ1) is 7.38. The van der Waals surface area contributed by atoms with Crippen LogP contribution in [0.5, 0.6) is 0 Å². The van der Waals surface area contributed by atoms with E-state index in [0.717, 1.165) is 6.66 Å². The molecule has 0 amide bonds. The van der Waals surface area contributed by atoms with E-state index in [1.807, 2.05) is 0 Å². The van der Waals surface area contributed by atoms with Gasteiger partial charge in [0.15, 0.2) is 0 Å². The molecule has 2 saturated heterocycles. The molecule has 0 aromatic rings. The molecule has 16 heavy (non-hydrogen) atoms. The van der Waals surface area contributed by atoms with Crippen molar-refractivity contribution in [1.82, 2.24) is 0 Å². The van der Waals surface area contributed by atoms with Crippen molar-refractivity contribution in [2.75, 3.05) is 27.0 Å². The van der Waals surface area contributed by atoms with E-state index in [1.54, 1.807) is 0 Å². The zero-order valence-corrected chi connectivity index (χ0v) is 10.0. The lowest BCUT2D eigenvalue weighted by Gasteiger charge is -2.32. The van der Waals surface area contributed by atoms with E-state index in [9.17, 15) is 9.46 Å². The van der Waals surface area contributed by atoms with Crippen molar-refractivity contribution in [3.63, 3.8) is 0 Å². The fraction of sp³-hybridized carbons (Fsp3) is 1.00. The zero-order valence-electron chi connectivity index (χ0n) is 9.12. The summed E-state index contributed by atoms with van der Waals surface area (Å²) in [6.45, 7) is 1.42. The molecule has 0 aromatic heterocycles. The number of ether oxygens (including phenoxy) is 3. The van der Waals surface area contributed by atoms with E-state index in [-0.39, 0.29) is 13.2 Å². The van der Waals surface area contributed by atoms with Gasteiger partial charge in [-0.25, -0.2) is 0 Å². The van der Waals surface area contributed by atoms with Gasteiger partial charge in [-0.1, -0.05) is 0 Å². The van der Waals surface area contributed by atoms with Gasteiger partial charge in [-0.3, -0.25) is 0 Å². The van der Waals surface area contributed by atoms with Crippen molar-refractivity contribution in [3.8, 4) is 0 Å². The van der Waals surface area contributed by atoms with Crippen LogP contribution in [0.3, 0.4) is 0 Å². The average molecular weight is 247 g/mol. The predicted molar refractivity (Wildman–Crippen MR) is 53.4 cm³/mol. The van der Waals surface area contributed by atoms with Crippen LogP contribution in [-0.2, 0) is 23.3 Å². The van der Waals surface area contributed by atoms with E-state index in [2.05, 4.69) is 0 Å². The van der Waals surface area contributed by atoms with Crippen molar-refractivity contribution in [3.05, 3.63) is 0 Å². The highest BCUT2D eigenvalue weighted by atomic mass is 31.2. The molecule has 5 atom stereocenters. The maximum absolute atomic E-state index is 11.2. The lowest BCUT2D eigenvalue weighted by molar-refractivity contribution is -0.205. The van der Waals surface area contributed by atoms with Gasteiger partial charge in [0.2, 0.25) is 0 Å². The van der Waals surface area contributed by atoms with Crippen molar-refractivity contribution >= 4 is 15.4 Å². The lowest BCUT2D eigenvalue weighted by Crippen LogP contribution is -2.46. The van der Waals surface area contributed by atoms with Gasteiger partial charge in [-0.05, 0) is 0 Å². The highest BCUT2D eigenvalue weighted by Crippen LogP contribution is 2.47. The van der Waals surface area contributed by atoms with Crippen LogP contribution < -0.4 is 4.89 Å². The van der Waals surface area contributed by atoms with Gasteiger partial charge in [0, 0.05) is 19.8 Å². The Labute approximate surface area is 95.1 Å². The Balaban J connectivity index is 2.19. The SMILES string of the molecule is [B][C@@H]1O[C@@]2(COC)COC1[C@@H]2OP(C)(=O)[O-]. The standard InChI is InChI=1S/C8H14BO6P/c1-12-3-8-4-13-5(7(9)14-8)6(8)15-16(2,10)11/h5-7H,3-4H2,1-2H3,(H,10,11)/p-1/t5?,6-,7+,8-/m0/s1. The Morgan fingerprint density at radius 2 is 2.38 bits per heavy atom. The molecule has 2 heterocycles. The van der Waals surface area contributed by atoms with Crippen LogP contribution in [0.2, 0.25) is 0 Å². The minimum absolute atomic E-state index is 0.182. The number of hydrogen-bond donors (Lipinski definition) is 0. The summed E-state index contributed by atoms with van der Waals surface area (Å²) in [4.78, 5) is 11.2. The van der Waals surface area contributed by atoms with E-state index >= 15 is 0 Å². The Kier molecular flexibility index (Phi) is 3.20. The minimum Gasteiger partial charge on any atom is -0.779 e. The molecule has 2 bridgehead atoms. The van der Waals surface area contributed by atoms with Gasteiger partial charge >= 0.3 is 0 Å². The quantitative estimate of drug-likeness (QED) is 0.461. The normalized spacial score (nSPS) is 45.8. The van der Waals surface area contributed by atoms with E-state index in [0.29, 0.717) is 0 Å². The first-order valence-corrected chi connectivity index (χ1v) is 6.88. The maximum Gasteiger partial charge on any atom is 0.143 e. The topological polar surface area (TPSA) is 77.0 Å². The summed E-state index contributed by atoms with van der Waals surface area (Å²) in [7, 11) is 3.30. The molecular weight excluding hydrogens is 234 g/mol. The summed E-state index contributed by atoms with van der Waals surface area (Å²) >= 11 is 0. The van der Waals surface area contributed by atoms with Crippen molar-refractivity contribution in [1.29, 1.82) is 0 Å². The number of methoxy groups -OCH3 is 1. The Morgan fingerprint density at radius 3 is 2.88 bits per heavy atom. The highest BCUT2D eigenvalue weighted by Gasteiger charge is 2.61. The second-order valence-electron chi connectivity index (χ2n) is 4.15. The van der Waals surface area contributed by atoms with Crippen LogP contribution in [0.25, 0.3) is 0 Å². The summed E-state index contributed by atoms with van der Waals surface area (Å²) in [6, 6.07) is -0.680. The van der Waals surface area contributed by atoms with Crippen LogP contribution in [0.4, 0.5) is 0 Å². The molecule has 0 aliphatic carbocycles. The van der Waals surface area contributed by atoms with E-state index in [1.165, 1.54) is 7.11 Å². The Morgan fingerprint density at radius 1 is 1.69 bits per heavy atom. The molecule has 90 valence electrons. The Bertz CT molecular complexity index is 320. The van der Waals surface area contributed by atoms with Gasteiger partial charge in [0.25, 0.3) is 0 Å². The maximum atomic E-state index is 11.2. The summed E-state index contributed by atoms with van der Waals surface area (Å²) in [5, 5.41) is 0. The van der Waals surface area contributed by atoms with Gasteiger partial charge in [0.05, 0.1) is 13.2 Å². The van der Waals surface area contributed by atoms with E-state index in [4.69, 9.17) is 26.6 Å². The van der Waals surface area contributed by atoms with Crippen LogP contribution in [0.1, 0.15) is 0 Å². The highest BCUT2D eigenvalue weighted by molar-refractivity contribution is 7.50. The zero-order chi connectivity index (χ0) is 12.0. The Hall–Kier alpha value is 0.0949. The van der Waals surface area contributed by atoms with Crippen LogP contribution in [0, 0.1) is 0 Å². The summed E-state index contributed by atoms with van der Waals surface area (Å²) in [5.74, 6) is 0. The minimum atomic E-state index is -3.86. The van der Waals surface area contributed by atoms with Crippen LogP contribution >= 0.6 is 7.60 Å². The van der Waals surface area contributed by atoms with Crippen LogP contribution in [-0.4, -0.2) is 58.6 Å². The molecule has 2 radical (unpaired) electrons. The van der Waals surface area contributed by atoms with Crippen molar-refractivity contribution < 1.29 is 28.2 Å². The van der Waals surface area contributed by atoms with Crippen LogP contribution in [0.15, 0.2) is 0 Å². The largest absolute Gasteiger partial charge is 0.779 e. The lowest BCUT2D eigenvalue weighted by atomic mass is 9.92. The molecular formula is C8H13BO6P-. The third-order valence-electron chi connectivity index (χ3n) is 2.73. The summed E-state index contributed by atoms with van der Waals surface area (Å²) in [6.07, 6.45) is -1.28. The molecule has 0 aromatic carbocycles. The van der Waals surface area contributed by atoms with Gasteiger partial charge in [-0.2, -0.15) is 0 Å². The molecule has 2 rings (SSSR count). The second-order valence-corrected chi connectivity index (χ2v) is 5.91. The van der Waals surface area contributed by atoms with Crippen molar-refractivity contribution in [2.45, 2.75) is 23.8 Å². The average Bonchev–Trinajstić information content (AvgIpc) is 2.54. The molecule has 0 N–H and O–H groups in total. The smallest absolute Gasteiger partial charge is 0.143 e. The van der Waals surface area contributed by atoms with Gasteiger partial charge < -0.3 is 28.2 Å². The number of fused-ring (bicyclic) bond motifs is 2. The van der Waals surface area contributed by atoms with Gasteiger partial charge in [-0.15, -0.1) is 0 Å². The fourth-order valence-electron chi connectivity index (χ4n) is 2.18. The predicted octanol–water partition coefficient (Wildman–Crippen LogP) is -1.14. The summed E-state index contributed by atoms with van der Waals surface area (Å²) in [5.41, 5.74) is -0.908. The molecule has 0 saturated carbocycles. The van der Waals surface area contributed by atoms with E-state index < -0.39 is 31.4 Å². The molecule has 2 unspecified atom stereocenters. The van der Waals surface area contributed by atoms with Gasteiger partial charge in [0.1, 0.15) is 33.3 Å². The first-order valence-electron chi connectivity index (χ1n) is 4.89. The number of rotatable bonds is 4. The monoisotopic (exact) mass is 247 g/mol. The number of hydrogen-bond acceptors (Lipinski definition) is 6. The molecule has 2 fully saturated rings. The molecule has 0 spiro atoms. The second kappa shape index (κ2) is 4.08. The molecule has 2 aliphatic heterocycles.